The molecule has 0 radical (unpaired) electrons. The summed E-state index contributed by atoms with van der Waals surface area (Å²) in [6, 6.07) is 6.06. The van der Waals surface area contributed by atoms with Gasteiger partial charge in [0.15, 0.2) is 0 Å². The molecule has 2 heterocycles. The van der Waals surface area contributed by atoms with E-state index in [1.54, 1.807) is 12.1 Å². The number of aromatic nitrogens is 1. The number of fused-ring (bicyclic) bond motifs is 1. The van der Waals surface area contributed by atoms with Crippen molar-refractivity contribution in [2.75, 3.05) is 6.61 Å². The van der Waals surface area contributed by atoms with Gasteiger partial charge in [0.2, 0.25) is 0 Å². The minimum atomic E-state index is -1.18. The van der Waals surface area contributed by atoms with Gasteiger partial charge in [0.05, 0.1) is 17.0 Å². The van der Waals surface area contributed by atoms with E-state index in [-0.39, 0.29) is 5.69 Å². The van der Waals surface area contributed by atoms with Gasteiger partial charge in [0.1, 0.15) is 24.4 Å². The first-order chi connectivity index (χ1) is 10.0. The predicted molar refractivity (Wildman–Crippen MR) is 71.7 cm³/mol. The van der Waals surface area contributed by atoms with Crippen molar-refractivity contribution in [2.45, 2.75) is 24.4 Å². The van der Waals surface area contributed by atoms with Crippen LogP contribution in [0.15, 0.2) is 24.3 Å². The number of aliphatic hydroxyl groups is 3. The van der Waals surface area contributed by atoms with E-state index >= 15 is 0 Å². The van der Waals surface area contributed by atoms with Crippen LogP contribution in [-0.2, 0) is 4.74 Å². The summed E-state index contributed by atoms with van der Waals surface area (Å²) >= 11 is 0. The summed E-state index contributed by atoms with van der Waals surface area (Å²) in [5.41, 5.74) is 0.988. The summed E-state index contributed by atoms with van der Waals surface area (Å²) in [5.74, 6) is 0. The number of hydrogen-bond donors (Lipinski definition) is 4. The lowest BCUT2D eigenvalue weighted by Crippen LogP contribution is -2.32. The Labute approximate surface area is 118 Å². The zero-order chi connectivity index (χ0) is 15.1. The minimum absolute atomic E-state index is 0.0444. The smallest absolute Gasteiger partial charge is 0.271 e. The van der Waals surface area contributed by atoms with E-state index in [1.807, 2.05) is 0 Å². The average molecular weight is 294 g/mol. The van der Waals surface area contributed by atoms with Gasteiger partial charge in [-0.2, -0.15) is 0 Å². The molecule has 21 heavy (non-hydrogen) atoms. The van der Waals surface area contributed by atoms with Gasteiger partial charge in [-0.25, -0.2) is 0 Å². The Morgan fingerprint density at radius 3 is 2.67 bits per heavy atom. The molecule has 0 spiro atoms. The van der Waals surface area contributed by atoms with Crippen LogP contribution in [0.25, 0.3) is 10.9 Å². The molecule has 112 valence electrons. The predicted octanol–water partition coefficient (Wildman–Crippen LogP) is 0.230. The highest BCUT2D eigenvalue weighted by atomic mass is 16.6. The van der Waals surface area contributed by atoms with Crippen LogP contribution in [0, 0.1) is 10.1 Å². The first kappa shape index (κ1) is 14.0. The Morgan fingerprint density at radius 2 is 2.05 bits per heavy atom. The number of rotatable bonds is 3. The summed E-state index contributed by atoms with van der Waals surface area (Å²) in [4.78, 5) is 13.2. The summed E-state index contributed by atoms with van der Waals surface area (Å²) < 4.78 is 5.41. The van der Waals surface area contributed by atoms with Crippen LogP contribution in [0.2, 0.25) is 0 Å². The summed E-state index contributed by atoms with van der Waals surface area (Å²) in [6.45, 7) is -0.402. The van der Waals surface area contributed by atoms with Crippen molar-refractivity contribution in [1.29, 1.82) is 0 Å². The number of nitrogens with one attached hydrogen (secondary N) is 1. The Balaban J connectivity index is 1.96. The molecule has 1 unspecified atom stereocenters. The van der Waals surface area contributed by atoms with Gasteiger partial charge >= 0.3 is 0 Å². The molecule has 2 aromatic rings. The molecule has 1 fully saturated rings. The lowest BCUT2D eigenvalue weighted by Gasteiger charge is -2.12. The van der Waals surface area contributed by atoms with E-state index in [1.165, 1.54) is 12.1 Å². The van der Waals surface area contributed by atoms with Gasteiger partial charge in [0.25, 0.3) is 5.69 Å². The standard InChI is InChI=1S/C13H14N2O6/c16-5-10-11(17)12(18)13(21-10)9-3-6-1-2-7(15(19)20)4-8(6)14-9/h1-4,10-14,16-18H,5H2/t10-,11-,12-,13?/m1/s1. The van der Waals surface area contributed by atoms with E-state index in [0.29, 0.717) is 11.2 Å². The van der Waals surface area contributed by atoms with E-state index in [9.17, 15) is 20.3 Å². The molecule has 4 N–H and O–H groups in total. The largest absolute Gasteiger partial charge is 0.394 e. The van der Waals surface area contributed by atoms with Crippen LogP contribution in [0.5, 0.6) is 0 Å². The lowest BCUT2D eigenvalue weighted by atomic mass is 10.1. The van der Waals surface area contributed by atoms with E-state index in [4.69, 9.17) is 9.84 Å². The van der Waals surface area contributed by atoms with Crippen molar-refractivity contribution in [2.24, 2.45) is 0 Å². The molecule has 0 bridgehead atoms. The molecule has 0 aliphatic carbocycles. The molecule has 8 nitrogen and oxygen atoms in total. The maximum atomic E-state index is 10.8. The third kappa shape index (κ3) is 2.28. The third-order valence-corrected chi connectivity index (χ3v) is 3.69. The number of hydrogen-bond acceptors (Lipinski definition) is 6. The van der Waals surface area contributed by atoms with Crippen molar-refractivity contribution in [3.63, 3.8) is 0 Å². The monoisotopic (exact) mass is 294 g/mol. The van der Waals surface area contributed by atoms with Crippen LogP contribution >= 0.6 is 0 Å². The third-order valence-electron chi connectivity index (χ3n) is 3.69. The van der Waals surface area contributed by atoms with Crippen molar-refractivity contribution >= 4 is 16.6 Å². The fourth-order valence-electron chi connectivity index (χ4n) is 2.56. The molecule has 0 amide bonds. The zero-order valence-corrected chi connectivity index (χ0v) is 10.8. The number of benzene rings is 1. The Hall–Kier alpha value is -2.00. The van der Waals surface area contributed by atoms with E-state index < -0.39 is 35.9 Å². The number of ether oxygens (including phenoxy) is 1. The fraction of sp³-hybridized carbons (Fsp3) is 0.385. The molecule has 3 rings (SSSR count). The molecule has 1 aromatic heterocycles. The second-order valence-electron chi connectivity index (χ2n) is 5.01. The Morgan fingerprint density at radius 1 is 1.29 bits per heavy atom. The van der Waals surface area contributed by atoms with Gasteiger partial charge in [0, 0.05) is 23.2 Å². The highest BCUT2D eigenvalue weighted by molar-refractivity contribution is 5.82. The van der Waals surface area contributed by atoms with E-state index in [0.717, 1.165) is 5.39 Å². The van der Waals surface area contributed by atoms with Crippen molar-refractivity contribution < 1.29 is 25.0 Å². The number of aromatic amines is 1. The molecule has 1 aliphatic rings. The van der Waals surface area contributed by atoms with Crippen molar-refractivity contribution in [3.05, 3.63) is 40.1 Å². The van der Waals surface area contributed by atoms with Crippen molar-refractivity contribution in [3.8, 4) is 0 Å². The molecule has 4 atom stereocenters. The number of H-pyrrole nitrogens is 1. The van der Waals surface area contributed by atoms with Gasteiger partial charge in [-0.15, -0.1) is 0 Å². The topological polar surface area (TPSA) is 129 Å². The molecular weight excluding hydrogens is 280 g/mol. The second kappa shape index (κ2) is 5.08. The normalized spacial score (nSPS) is 29.1. The Kier molecular flexibility index (Phi) is 3.38. The molecule has 8 heteroatoms. The maximum absolute atomic E-state index is 10.8. The van der Waals surface area contributed by atoms with Crippen molar-refractivity contribution in [1.82, 2.24) is 4.98 Å². The first-order valence-corrected chi connectivity index (χ1v) is 6.41. The number of aliphatic hydroxyl groups excluding tert-OH is 3. The number of nitro groups is 1. The summed E-state index contributed by atoms with van der Waals surface area (Å²) in [7, 11) is 0. The minimum Gasteiger partial charge on any atom is -0.394 e. The van der Waals surface area contributed by atoms with Crippen LogP contribution < -0.4 is 0 Å². The van der Waals surface area contributed by atoms with E-state index in [2.05, 4.69) is 4.98 Å². The summed E-state index contributed by atoms with van der Waals surface area (Å²) in [5, 5.41) is 40.3. The van der Waals surface area contributed by atoms with Gasteiger partial charge in [-0.05, 0) is 12.1 Å². The Bertz CT molecular complexity index is 684. The highest BCUT2D eigenvalue weighted by Crippen LogP contribution is 2.35. The first-order valence-electron chi connectivity index (χ1n) is 6.41. The molecule has 1 aromatic carbocycles. The number of nitrogens with zero attached hydrogens (tertiary/aromatic N) is 1. The molecular formula is C13H14N2O6. The van der Waals surface area contributed by atoms with Gasteiger partial charge in [-0.3, -0.25) is 10.1 Å². The maximum Gasteiger partial charge on any atom is 0.271 e. The quantitative estimate of drug-likeness (QED) is 0.474. The summed E-state index contributed by atoms with van der Waals surface area (Å²) in [6.07, 6.45) is -4.03. The molecule has 1 aliphatic heterocycles. The van der Waals surface area contributed by atoms with Crippen LogP contribution in [-0.4, -0.2) is 50.1 Å². The fourth-order valence-corrected chi connectivity index (χ4v) is 2.56. The molecule has 0 saturated carbocycles. The van der Waals surface area contributed by atoms with Crippen LogP contribution in [0.1, 0.15) is 11.8 Å². The SMILES string of the molecule is O=[N+]([O-])c1ccc2cc(C3O[C@H](CO)[C@@H](O)[C@H]3O)[nH]c2c1. The van der Waals surface area contributed by atoms with Crippen LogP contribution in [0.4, 0.5) is 5.69 Å². The van der Waals surface area contributed by atoms with Gasteiger partial charge in [-0.1, -0.05) is 0 Å². The zero-order valence-electron chi connectivity index (χ0n) is 10.8. The van der Waals surface area contributed by atoms with Gasteiger partial charge < -0.3 is 25.0 Å². The highest BCUT2D eigenvalue weighted by Gasteiger charge is 2.43. The lowest BCUT2D eigenvalue weighted by molar-refractivity contribution is -0.384. The average Bonchev–Trinajstić information content (AvgIpc) is 3.00. The number of non-ortho nitro benzene ring substituents is 1. The van der Waals surface area contributed by atoms with Crippen LogP contribution in [0.3, 0.4) is 0 Å². The number of nitro benzene ring substituents is 1. The second-order valence-corrected chi connectivity index (χ2v) is 5.01. The molecule has 1 saturated heterocycles.